The number of nitrogens with one attached hydrogen (secondary N) is 1. The number of imidazole rings is 1. The van der Waals surface area contributed by atoms with Gasteiger partial charge in [-0.3, -0.25) is 0 Å². The predicted octanol–water partition coefficient (Wildman–Crippen LogP) is 4.40. The van der Waals surface area contributed by atoms with Crippen LogP contribution in [0.25, 0.3) is 27.8 Å². The minimum absolute atomic E-state index is 0.158. The topological polar surface area (TPSA) is 82.2 Å². The van der Waals surface area contributed by atoms with Gasteiger partial charge in [-0.15, -0.1) is 5.10 Å². The van der Waals surface area contributed by atoms with Crippen molar-refractivity contribution in [1.82, 2.24) is 29.1 Å². The number of nitrogens with zero attached hydrogens (tertiary/aromatic N) is 6. The van der Waals surface area contributed by atoms with Gasteiger partial charge < -0.3 is 14.6 Å². The Balaban J connectivity index is 1.28. The number of rotatable bonds is 6. The second kappa shape index (κ2) is 7.44. The van der Waals surface area contributed by atoms with Gasteiger partial charge in [0.05, 0.1) is 23.3 Å². The van der Waals surface area contributed by atoms with Crippen molar-refractivity contribution < 1.29 is 13.5 Å². The molecular weight excluding hydrogens is 428 g/mol. The maximum atomic E-state index is 13.5. The minimum atomic E-state index is -2.59. The van der Waals surface area contributed by atoms with E-state index in [0.717, 1.165) is 41.6 Å². The zero-order valence-corrected chi connectivity index (χ0v) is 18.5. The summed E-state index contributed by atoms with van der Waals surface area (Å²) < 4.78 is 36.3. The summed E-state index contributed by atoms with van der Waals surface area (Å²) in [6.07, 6.45) is 7.36. The Morgan fingerprint density at radius 3 is 2.76 bits per heavy atom. The molecule has 172 valence electrons. The molecule has 0 unspecified atom stereocenters. The van der Waals surface area contributed by atoms with Crippen molar-refractivity contribution in [1.29, 1.82) is 0 Å². The lowest BCUT2D eigenvalue weighted by molar-refractivity contribution is -0.103. The predicted molar refractivity (Wildman–Crippen MR) is 120 cm³/mol. The van der Waals surface area contributed by atoms with Gasteiger partial charge in [0.15, 0.2) is 5.65 Å². The number of aromatic nitrogens is 6. The second-order valence-corrected chi connectivity index (χ2v) is 9.04. The first-order valence-electron chi connectivity index (χ1n) is 11.4. The van der Waals surface area contributed by atoms with Crippen molar-refractivity contribution in [2.45, 2.75) is 63.6 Å². The van der Waals surface area contributed by atoms with Crippen LogP contribution in [-0.2, 0) is 4.74 Å². The summed E-state index contributed by atoms with van der Waals surface area (Å²) in [5.74, 6) is -1.31. The third kappa shape index (κ3) is 3.52. The first-order chi connectivity index (χ1) is 15.9. The van der Waals surface area contributed by atoms with Crippen molar-refractivity contribution in [2.24, 2.45) is 0 Å². The Morgan fingerprint density at radius 2 is 2.00 bits per heavy atom. The minimum Gasteiger partial charge on any atom is -0.378 e. The lowest BCUT2D eigenvalue weighted by atomic mass is 9.87. The fraction of sp³-hybridized carbons (Fsp3) is 0.478. The summed E-state index contributed by atoms with van der Waals surface area (Å²) in [5, 5.41) is 7.96. The van der Waals surface area contributed by atoms with Gasteiger partial charge in [0.2, 0.25) is 5.95 Å². The number of ether oxygens (including phenoxy) is 1. The Morgan fingerprint density at radius 1 is 1.18 bits per heavy atom. The van der Waals surface area contributed by atoms with Crippen LogP contribution in [0.5, 0.6) is 0 Å². The quantitative estimate of drug-likeness (QED) is 0.466. The van der Waals surface area contributed by atoms with E-state index in [1.807, 2.05) is 36.7 Å². The number of halogens is 2. The Kier molecular flexibility index (Phi) is 4.62. The van der Waals surface area contributed by atoms with E-state index in [2.05, 4.69) is 25.4 Å². The van der Waals surface area contributed by atoms with Gasteiger partial charge in [-0.25, -0.2) is 28.2 Å². The summed E-state index contributed by atoms with van der Waals surface area (Å²) >= 11 is 0. The van der Waals surface area contributed by atoms with Gasteiger partial charge in [-0.05, 0) is 38.8 Å². The first kappa shape index (κ1) is 20.5. The van der Waals surface area contributed by atoms with Crippen molar-refractivity contribution in [3.05, 3.63) is 36.5 Å². The number of hydrogen-bond acceptors (Lipinski definition) is 6. The highest BCUT2D eigenvalue weighted by Gasteiger charge is 2.47. The molecule has 0 bridgehead atoms. The average Bonchev–Trinajstić information content (AvgIpc) is 3.29. The van der Waals surface area contributed by atoms with E-state index in [1.165, 1.54) is 0 Å². The SMILES string of the molecule is CCO[C@H]1C[C@@H](Nc2ncc3c(-c4cnc5nc(C)n(C6CC(F)(F)C6)c5c4)ccn3n2)C1. The molecule has 8 nitrogen and oxygen atoms in total. The number of aryl methyl sites for hydroxylation is 1. The van der Waals surface area contributed by atoms with Crippen molar-refractivity contribution >= 4 is 22.6 Å². The van der Waals surface area contributed by atoms with E-state index in [9.17, 15) is 8.78 Å². The van der Waals surface area contributed by atoms with Crippen LogP contribution >= 0.6 is 0 Å². The molecule has 33 heavy (non-hydrogen) atoms. The molecule has 0 saturated heterocycles. The van der Waals surface area contributed by atoms with Gasteiger partial charge >= 0.3 is 0 Å². The highest BCUT2D eigenvalue weighted by Crippen LogP contribution is 2.47. The molecular formula is C23H25F2N7O. The fourth-order valence-electron chi connectivity index (χ4n) is 4.96. The molecule has 4 aromatic heterocycles. The van der Waals surface area contributed by atoms with E-state index in [1.54, 1.807) is 16.9 Å². The fourth-order valence-corrected chi connectivity index (χ4v) is 4.96. The summed E-state index contributed by atoms with van der Waals surface area (Å²) in [5.41, 5.74) is 4.00. The van der Waals surface area contributed by atoms with E-state index < -0.39 is 5.92 Å². The molecule has 0 atom stereocenters. The van der Waals surface area contributed by atoms with E-state index in [4.69, 9.17) is 4.74 Å². The number of hydrogen-bond donors (Lipinski definition) is 1. The van der Waals surface area contributed by atoms with Gasteiger partial charge in [0.25, 0.3) is 5.92 Å². The molecule has 0 spiro atoms. The molecule has 2 saturated carbocycles. The molecule has 0 radical (unpaired) electrons. The third-order valence-corrected chi connectivity index (χ3v) is 6.71. The van der Waals surface area contributed by atoms with Crippen LogP contribution < -0.4 is 5.32 Å². The molecule has 4 aromatic rings. The Labute approximate surface area is 189 Å². The van der Waals surface area contributed by atoms with Crippen LogP contribution in [-0.4, -0.2) is 53.8 Å². The second-order valence-electron chi connectivity index (χ2n) is 9.04. The largest absolute Gasteiger partial charge is 0.378 e. The summed E-state index contributed by atoms with van der Waals surface area (Å²) in [4.78, 5) is 13.5. The van der Waals surface area contributed by atoms with Crippen LogP contribution in [0.1, 0.15) is 44.5 Å². The molecule has 4 heterocycles. The van der Waals surface area contributed by atoms with Crippen molar-refractivity contribution in [3.63, 3.8) is 0 Å². The lowest BCUT2D eigenvalue weighted by Crippen LogP contribution is -2.41. The monoisotopic (exact) mass is 453 g/mol. The van der Waals surface area contributed by atoms with Crippen LogP contribution in [0.3, 0.4) is 0 Å². The van der Waals surface area contributed by atoms with E-state index in [0.29, 0.717) is 29.6 Å². The zero-order chi connectivity index (χ0) is 22.7. The van der Waals surface area contributed by atoms with Crippen molar-refractivity contribution in [2.75, 3.05) is 11.9 Å². The first-order valence-corrected chi connectivity index (χ1v) is 11.4. The molecule has 0 amide bonds. The lowest BCUT2D eigenvalue weighted by Gasteiger charge is -2.36. The highest BCUT2D eigenvalue weighted by molar-refractivity contribution is 5.85. The molecule has 0 aliphatic heterocycles. The Hall–Kier alpha value is -3.14. The zero-order valence-electron chi connectivity index (χ0n) is 18.5. The summed E-state index contributed by atoms with van der Waals surface area (Å²) in [6, 6.07) is 4.01. The number of pyridine rings is 1. The maximum Gasteiger partial charge on any atom is 0.252 e. The Bertz CT molecular complexity index is 1330. The third-order valence-electron chi connectivity index (χ3n) is 6.71. The molecule has 2 aliphatic rings. The molecule has 0 aromatic carbocycles. The van der Waals surface area contributed by atoms with Crippen molar-refractivity contribution in [3.8, 4) is 11.1 Å². The van der Waals surface area contributed by atoms with Crippen LogP contribution in [0.15, 0.2) is 30.7 Å². The van der Waals surface area contributed by atoms with Gasteiger partial charge in [0, 0.05) is 55.1 Å². The molecule has 2 aliphatic carbocycles. The van der Waals surface area contributed by atoms with Gasteiger partial charge in [-0.2, -0.15) is 0 Å². The average molecular weight is 453 g/mol. The standard InChI is InChI=1S/C23H25F2N7O/c1-3-33-17-7-15(8-17)29-22-27-12-20-18(4-5-31(20)30-22)14-6-19-21(26-11-14)28-13(2)32(19)16-9-23(24,25)10-16/h4-6,11-12,15-17H,3,7-10H2,1-2H3,(H,29,30)/t15-,17+. The maximum absolute atomic E-state index is 13.5. The number of anilines is 1. The smallest absolute Gasteiger partial charge is 0.252 e. The number of alkyl halides is 2. The highest BCUT2D eigenvalue weighted by atomic mass is 19.3. The normalized spacial score (nSPS) is 22.4. The van der Waals surface area contributed by atoms with E-state index in [-0.39, 0.29) is 18.9 Å². The summed E-state index contributed by atoms with van der Waals surface area (Å²) in [7, 11) is 0. The van der Waals surface area contributed by atoms with Gasteiger partial charge in [0.1, 0.15) is 5.82 Å². The molecule has 10 heteroatoms. The van der Waals surface area contributed by atoms with E-state index >= 15 is 0 Å². The molecule has 6 rings (SSSR count). The number of fused-ring (bicyclic) bond motifs is 2. The summed E-state index contributed by atoms with van der Waals surface area (Å²) in [6.45, 7) is 4.59. The molecule has 2 fully saturated rings. The van der Waals surface area contributed by atoms with Crippen LogP contribution in [0, 0.1) is 6.92 Å². The molecule has 1 N–H and O–H groups in total. The van der Waals surface area contributed by atoms with Crippen LogP contribution in [0.2, 0.25) is 0 Å². The van der Waals surface area contributed by atoms with Gasteiger partial charge in [-0.1, -0.05) is 0 Å². The van der Waals surface area contributed by atoms with Crippen LogP contribution in [0.4, 0.5) is 14.7 Å².